The van der Waals surface area contributed by atoms with Crippen LogP contribution in [0.15, 0.2) is 18.2 Å². The molecule has 0 amide bonds. The number of aryl methyl sites for hydroxylation is 2. The Morgan fingerprint density at radius 2 is 1.89 bits per heavy atom. The zero-order chi connectivity index (χ0) is 13.7. The highest BCUT2D eigenvalue weighted by Crippen LogP contribution is 2.16. The second-order valence-corrected chi connectivity index (χ2v) is 5.47. The van der Waals surface area contributed by atoms with Gasteiger partial charge in [0.2, 0.25) is 0 Å². The van der Waals surface area contributed by atoms with E-state index >= 15 is 0 Å². The Balaban J connectivity index is 2.77. The van der Waals surface area contributed by atoms with Crippen LogP contribution in [0.4, 0.5) is 0 Å². The fourth-order valence-electron chi connectivity index (χ4n) is 2.10. The van der Waals surface area contributed by atoms with Crippen molar-refractivity contribution < 1.29 is 0 Å². The average Bonchev–Trinajstić information content (AvgIpc) is 2.32. The molecule has 0 saturated carbocycles. The lowest BCUT2D eigenvalue weighted by atomic mass is 10.0. The van der Waals surface area contributed by atoms with Crippen molar-refractivity contribution in [3.05, 3.63) is 34.9 Å². The summed E-state index contributed by atoms with van der Waals surface area (Å²) in [7, 11) is 0. The molecule has 100 valence electrons. The van der Waals surface area contributed by atoms with Crippen molar-refractivity contribution in [2.45, 2.75) is 34.2 Å². The minimum atomic E-state index is 0.268. The number of thiocarbonyl (C=S) groups is 1. The van der Waals surface area contributed by atoms with E-state index in [2.05, 4.69) is 50.8 Å². The van der Waals surface area contributed by atoms with Gasteiger partial charge in [-0.15, -0.1) is 0 Å². The van der Waals surface area contributed by atoms with Gasteiger partial charge in [0.25, 0.3) is 0 Å². The fraction of sp³-hybridized carbons (Fsp3) is 0.533. The molecule has 1 rings (SSSR count). The highest BCUT2D eigenvalue weighted by atomic mass is 32.1. The quantitative estimate of drug-likeness (QED) is 0.801. The van der Waals surface area contributed by atoms with Crippen LogP contribution in [0.3, 0.4) is 0 Å². The summed E-state index contributed by atoms with van der Waals surface area (Å²) in [5, 5.41) is 0. The second kappa shape index (κ2) is 6.86. The van der Waals surface area contributed by atoms with Crippen LogP contribution in [0.25, 0.3) is 0 Å². The molecule has 1 atom stereocenters. The van der Waals surface area contributed by atoms with Crippen LogP contribution in [0, 0.1) is 19.8 Å². The van der Waals surface area contributed by atoms with Crippen molar-refractivity contribution >= 4 is 17.2 Å². The first kappa shape index (κ1) is 15.1. The maximum atomic E-state index is 5.70. The van der Waals surface area contributed by atoms with E-state index in [1.807, 2.05) is 0 Å². The third kappa shape index (κ3) is 4.07. The van der Waals surface area contributed by atoms with Crippen molar-refractivity contribution in [1.82, 2.24) is 4.90 Å². The van der Waals surface area contributed by atoms with Gasteiger partial charge >= 0.3 is 0 Å². The van der Waals surface area contributed by atoms with Crippen molar-refractivity contribution in [2.75, 3.05) is 13.1 Å². The number of nitrogens with zero attached hydrogens (tertiary/aromatic N) is 1. The predicted octanol–water partition coefficient (Wildman–Crippen LogP) is 3.05. The predicted molar refractivity (Wildman–Crippen MR) is 82.8 cm³/mol. The topological polar surface area (TPSA) is 29.3 Å². The van der Waals surface area contributed by atoms with E-state index in [0.29, 0.717) is 4.99 Å². The lowest BCUT2D eigenvalue weighted by Gasteiger charge is -2.25. The molecule has 0 aliphatic carbocycles. The summed E-state index contributed by atoms with van der Waals surface area (Å²) >= 11 is 5.05. The monoisotopic (exact) mass is 264 g/mol. The molecule has 0 aliphatic heterocycles. The lowest BCUT2D eigenvalue weighted by Crippen LogP contribution is -2.33. The Kier molecular flexibility index (Phi) is 5.76. The highest BCUT2D eigenvalue weighted by molar-refractivity contribution is 7.80. The highest BCUT2D eigenvalue weighted by Gasteiger charge is 2.13. The van der Waals surface area contributed by atoms with Gasteiger partial charge in [0.05, 0.1) is 4.99 Å². The molecule has 0 saturated heterocycles. The van der Waals surface area contributed by atoms with E-state index in [1.54, 1.807) is 0 Å². The van der Waals surface area contributed by atoms with E-state index in [1.165, 1.54) is 16.7 Å². The molecule has 1 unspecified atom stereocenters. The molecule has 0 heterocycles. The lowest BCUT2D eigenvalue weighted by molar-refractivity contribution is 0.263. The molecule has 0 bridgehead atoms. The van der Waals surface area contributed by atoms with Crippen LogP contribution < -0.4 is 5.73 Å². The van der Waals surface area contributed by atoms with Crippen LogP contribution in [0.5, 0.6) is 0 Å². The SMILES string of the molecule is CCN(Cc1c(C)cccc1C)CC(C)C(N)=S. The molecule has 0 radical (unpaired) electrons. The second-order valence-electron chi connectivity index (χ2n) is 5.00. The van der Waals surface area contributed by atoms with E-state index in [-0.39, 0.29) is 5.92 Å². The zero-order valence-electron chi connectivity index (χ0n) is 11.9. The van der Waals surface area contributed by atoms with E-state index in [9.17, 15) is 0 Å². The minimum absolute atomic E-state index is 0.268. The summed E-state index contributed by atoms with van der Waals surface area (Å²) in [6.45, 7) is 11.5. The first-order chi connectivity index (χ1) is 8.45. The largest absolute Gasteiger partial charge is 0.393 e. The van der Waals surface area contributed by atoms with Gasteiger partial charge in [-0.25, -0.2) is 0 Å². The van der Waals surface area contributed by atoms with Crippen LogP contribution in [-0.2, 0) is 6.54 Å². The molecule has 2 N–H and O–H groups in total. The molecule has 0 aromatic heterocycles. The Morgan fingerprint density at radius 1 is 1.33 bits per heavy atom. The standard InChI is InChI=1S/C15H24N2S/c1-5-17(9-13(4)15(16)18)10-14-11(2)7-6-8-12(14)3/h6-8,13H,5,9-10H2,1-4H3,(H2,16,18). The molecule has 1 aromatic carbocycles. The van der Waals surface area contributed by atoms with E-state index in [0.717, 1.165) is 19.6 Å². The van der Waals surface area contributed by atoms with Crippen LogP contribution in [-0.4, -0.2) is 23.0 Å². The molecule has 18 heavy (non-hydrogen) atoms. The molecule has 3 heteroatoms. The van der Waals surface area contributed by atoms with Crippen molar-refractivity contribution in [3.8, 4) is 0 Å². The first-order valence-corrected chi connectivity index (χ1v) is 6.93. The van der Waals surface area contributed by atoms with E-state index in [4.69, 9.17) is 18.0 Å². The summed E-state index contributed by atoms with van der Waals surface area (Å²) in [6.07, 6.45) is 0. The summed E-state index contributed by atoms with van der Waals surface area (Å²) in [5.41, 5.74) is 9.84. The Labute approximate surface area is 116 Å². The van der Waals surface area contributed by atoms with Crippen LogP contribution in [0.1, 0.15) is 30.5 Å². The zero-order valence-corrected chi connectivity index (χ0v) is 12.7. The third-order valence-electron chi connectivity index (χ3n) is 3.49. The number of rotatable bonds is 6. The molecule has 0 aliphatic rings. The van der Waals surface area contributed by atoms with Gasteiger partial charge in [0.1, 0.15) is 0 Å². The Hall–Kier alpha value is -0.930. The number of hydrogen-bond acceptors (Lipinski definition) is 2. The van der Waals surface area contributed by atoms with E-state index < -0.39 is 0 Å². The average molecular weight is 264 g/mol. The summed E-state index contributed by atoms with van der Waals surface area (Å²) in [6, 6.07) is 6.46. The van der Waals surface area contributed by atoms with Gasteiger partial charge in [-0.2, -0.15) is 0 Å². The number of hydrogen-bond donors (Lipinski definition) is 1. The molecule has 2 nitrogen and oxygen atoms in total. The van der Waals surface area contributed by atoms with Gasteiger partial charge in [0.15, 0.2) is 0 Å². The van der Waals surface area contributed by atoms with Gasteiger partial charge in [0, 0.05) is 19.0 Å². The molecule has 0 fully saturated rings. The molecular weight excluding hydrogens is 240 g/mol. The normalized spacial score (nSPS) is 12.7. The van der Waals surface area contributed by atoms with Crippen LogP contribution >= 0.6 is 12.2 Å². The molecule has 0 spiro atoms. The Bertz CT molecular complexity index is 395. The molecular formula is C15H24N2S. The van der Waals surface area contributed by atoms with Crippen molar-refractivity contribution in [1.29, 1.82) is 0 Å². The van der Waals surface area contributed by atoms with Crippen molar-refractivity contribution in [2.24, 2.45) is 11.7 Å². The maximum absolute atomic E-state index is 5.70. The summed E-state index contributed by atoms with van der Waals surface area (Å²) in [4.78, 5) is 3.01. The van der Waals surface area contributed by atoms with Gasteiger partial charge < -0.3 is 5.73 Å². The minimum Gasteiger partial charge on any atom is -0.393 e. The maximum Gasteiger partial charge on any atom is 0.0768 e. The van der Waals surface area contributed by atoms with Gasteiger partial charge in [-0.1, -0.05) is 44.3 Å². The fourth-order valence-corrected chi connectivity index (χ4v) is 2.18. The van der Waals surface area contributed by atoms with Crippen LogP contribution in [0.2, 0.25) is 0 Å². The van der Waals surface area contributed by atoms with Gasteiger partial charge in [-0.3, -0.25) is 4.90 Å². The Morgan fingerprint density at radius 3 is 2.33 bits per heavy atom. The third-order valence-corrected chi connectivity index (χ3v) is 3.89. The van der Waals surface area contributed by atoms with Gasteiger partial charge in [-0.05, 0) is 37.1 Å². The van der Waals surface area contributed by atoms with Crippen molar-refractivity contribution in [3.63, 3.8) is 0 Å². The smallest absolute Gasteiger partial charge is 0.0768 e. The number of nitrogens with two attached hydrogens (primary N) is 1. The first-order valence-electron chi connectivity index (χ1n) is 6.52. The summed E-state index contributed by atoms with van der Waals surface area (Å²) in [5.74, 6) is 0.268. The molecule has 1 aromatic rings. The number of benzene rings is 1. The summed E-state index contributed by atoms with van der Waals surface area (Å²) < 4.78 is 0.